The molecule has 6 rings (SSSR count). The van der Waals surface area contributed by atoms with E-state index in [2.05, 4.69) is 34.2 Å². The molecule has 0 atom stereocenters. The topological polar surface area (TPSA) is 117 Å². The summed E-state index contributed by atoms with van der Waals surface area (Å²) in [7, 11) is 0. The molecule has 15 heteroatoms. The van der Waals surface area contributed by atoms with Crippen LogP contribution in [-0.4, -0.2) is 43.9 Å². The van der Waals surface area contributed by atoms with Gasteiger partial charge in [0.25, 0.3) is 5.91 Å². The van der Waals surface area contributed by atoms with Crippen molar-refractivity contribution < 1.29 is 23.1 Å². The summed E-state index contributed by atoms with van der Waals surface area (Å²) >= 11 is 13.5. The van der Waals surface area contributed by atoms with Gasteiger partial charge in [0.1, 0.15) is 23.0 Å². The van der Waals surface area contributed by atoms with Crippen molar-refractivity contribution in [1.82, 2.24) is 18.7 Å². The fourth-order valence-corrected chi connectivity index (χ4v) is 6.27. The van der Waals surface area contributed by atoms with Crippen molar-refractivity contribution in [2.75, 3.05) is 18.1 Å². The maximum absolute atomic E-state index is 14.5. The van der Waals surface area contributed by atoms with Gasteiger partial charge in [0.2, 0.25) is 10.7 Å². The van der Waals surface area contributed by atoms with Gasteiger partial charge in [-0.2, -0.15) is 9.06 Å². The minimum absolute atomic E-state index is 0.0642. The highest BCUT2D eigenvalue weighted by atomic mass is 35.5. The van der Waals surface area contributed by atoms with Crippen molar-refractivity contribution in [1.29, 1.82) is 0 Å². The largest absolute Gasteiger partial charge is 0.489 e. The molecular weight excluding hydrogens is 682 g/mol. The van der Waals surface area contributed by atoms with Gasteiger partial charge in [-0.1, -0.05) is 63.7 Å². The van der Waals surface area contributed by atoms with Crippen LogP contribution in [0.15, 0.2) is 38.5 Å². The van der Waals surface area contributed by atoms with Crippen molar-refractivity contribution in [3.05, 3.63) is 67.2 Å². The zero-order valence-corrected chi connectivity index (χ0v) is 29.9. The van der Waals surface area contributed by atoms with Gasteiger partial charge in [0.15, 0.2) is 12.4 Å². The number of anilines is 1. The molecular formula is C33H35Cl2FN6O5S. The number of fused-ring (bicyclic) bond motifs is 2. The number of rotatable bonds is 5. The fraction of sp³-hybridized carbons (Fsp3) is 0.424. The lowest BCUT2D eigenvalue weighted by Crippen LogP contribution is -2.39. The lowest BCUT2D eigenvalue weighted by molar-refractivity contribution is -0.121. The van der Waals surface area contributed by atoms with E-state index in [1.807, 2.05) is 39.2 Å². The van der Waals surface area contributed by atoms with Crippen LogP contribution >= 0.6 is 34.7 Å². The summed E-state index contributed by atoms with van der Waals surface area (Å²) in [5.41, 5.74) is 0.656. The molecule has 11 nitrogen and oxygen atoms in total. The third-order valence-corrected chi connectivity index (χ3v) is 8.59. The normalized spacial score (nSPS) is 15.4. The fourth-order valence-electron chi connectivity index (χ4n) is 5.00. The van der Waals surface area contributed by atoms with Gasteiger partial charge < -0.3 is 18.5 Å². The number of ether oxygens (including phenoxy) is 2. The van der Waals surface area contributed by atoms with E-state index in [4.69, 9.17) is 43.5 Å². The first-order chi connectivity index (χ1) is 22.5. The zero-order valence-electron chi connectivity index (χ0n) is 27.6. The van der Waals surface area contributed by atoms with E-state index < -0.39 is 11.6 Å². The van der Waals surface area contributed by atoms with Crippen LogP contribution in [0.25, 0.3) is 5.69 Å². The molecule has 254 valence electrons. The first kappa shape index (κ1) is 35.2. The molecule has 2 aliphatic heterocycles. The molecule has 2 aromatic carbocycles. The lowest BCUT2D eigenvalue weighted by atomic mass is 9.92. The predicted octanol–water partition coefficient (Wildman–Crippen LogP) is 6.47. The van der Waals surface area contributed by atoms with Crippen LogP contribution in [0.5, 0.6) is 11.5 Å². The molecule has 0 spiro atoms. The summed E-state index contributed by atoms with van der Waals surface area (Å²) in [6.45, 7) is 14.5. The van der Waals surface area contributed by atoms with E-state index in [9.17, 15) is 14.0 Å². The molecule has 2 aliphatic rings. The van der Waals surface area contributed by atoms with Crippen LogP contribution in [-0.2, 0) is 23.2 Å². The molecule has 4 aromatic rings. The standard InChI is InChI=1S/C18H17FN4O2S.C15H18Cl2N2O3/c1-4-5-22-13-7-12(11(19)6-14(13)25-9-16(22)24)20-17-23-10-18(2,3)8-15(23)21-26-17;1-8(2)21-12-7-11(9(16)6-10(12)17)19-14(20)22-13(18-19)15(3,4)5/h1,6-7H,5,8-10H2,2-3H3;6-8H,1-5H3/b20-17-;. The molecule has 4 heterocycles. The zero-order chi connectivity index (χ0) is 35.1. The third-order valence-electron chi connectivity index (χ3n) is 7.22. The molecule has 2 aromatic heterocycles. The Balaban J connectivity index is 0.000000191. The van der Waals surface area contributed by atoms with Crippen LogP contribution in [0.1, 0.15) is 60.2 Å². The van der Waals surface area contributed by atoms with Crippen molar-refractivity contribution in [3.8, 4) is 29.5 Å². The molecule has 0 N–H and O–H groups in total. The minimum Gasteiger partial charge on any atom is -0.489 e. The number of carbonyl (C=O) groups is 1. The maximum Gasteiger partial charge on any atom is 0.442 e. The predicted molar refractivity (Wildman–Crippen MR) is 182 cm³/mol. The van der Waals surface area contributed by atoms with Crippen LogP contribution in [0.2, 0.25) is 10.0 Å². The van der Waals surface area contributed by atoms with Gasteiger partial charge in [-0.05, 0) is 31.4 Å². The Hall–Kier alpha value is -4.12. The summed E-state index contributed by atoms with van der Waals surface area (Å²) < 4.78 is 38.3. The van der Waals surface area contributed by atoms with Crippen molar-refractivity contribution >= 4 is 52.0 Å². The average molecular weight is 718 g/mol. The lowest BCUT2D eigenvalue weighted by Gasteiger charge is -2.28. The third kappa shape index (κ3) is 7.46. The summed E-state index contributed by atoms with van der Waals surface area (Å²) in [6, 6.07) is 5.86. The molecule has 1 amide bonds. The van der Waals surface area contributed by atoms with Crippen LogP contribution < -0.4 is 24.9 Å². The smallest absolute Gasteiger partial charge is 0.442 e. The maximum atomic E-state index is 14.5. The molecule has 0 radical (unpaired) electrons. The van der Waals surface area contributed by atoms with Crippen LogP contribution in [0.4, 0.5) is 15.8 Å². The number of carbonyl (C=O) groups excluding carboxylic acids is 1. The molecule has 0 unspecified atom stereocenters. The molecule has 0 aliphatic carbocycles. The number of amides is 1. The van der Waals surface area contributed by atoms with E-state index in [0.717, 1.165) is 23.5 Å². The van der Waals surface area contributed by atoms with E-state index >= 15 is 0 Å². The number of terminal acetylenes is 1. The van der Waals surface area contributed by atoms with Gasteiger partial charge in [-0.3, -0.25) is 9.69 Å². The van der Waals surface area contributed by atoms with Gasteiger partial charge in [-0.25, -0.2) is 14.2 Å². The Labute approximate surface area is 291 Å². The second-order valence-electron chi connectivity index (χ2n) is 13.4. The molecule has 0 saturated carbocycles. The average Bonchev–Trinajstić information content (AvgIpc) is 3.64. The van der Waals surface area contributed by atoms with E-state index in [1.54, 1.807) is 6.07 Å². The summed E-state index contributed by atoms with van der Waals surface area (Å²) in [5, 5.41) is 4.88. The highest BCUT2D eigenvalue weighted by molar-refractivity contribution is 7.02. The highest BCUT2D eigenvalue weighted by Gasteiger charge is 2.31. The Morgan fingerprint density at radius 3 is 2.54 bits per heavy atom. The summed E-state index contributed by atoms with van der Waals surface area (Å²) in [4.78, 5) is 30.6. The Kier molecular flexibility index (Phi) is 9.83. The summed E-state index contributed by atoms with van der Waals surface area (Å²) in [5.74, 6) is 3.08. The highest BCUT2D eigenvalue weighted by Crippen LogP contribution is 2.38. The van der Waals surface area contributed by atoms with Gasteiger partial charge in [0, 0.05) is 42.0 Å². The molecule has 0 fully saturated rings. The second-order valence-corrected chi connectivity index (χ2v) is 14.9. The number of nitrogens with zero attached hydrogens (tertiary/aromatic N) is 6. The monoisotopic (exact) mass is 716 g/mol. The first-order valence-corrected chi connectivity index (χ1v) is 16.6. The Bertz CT molecular complexity index is 2050. The van der Waals surface area contributed by atoms with Gasteiger partial charge in [0.05, 0.1) is 34.1 Å². The van der Waals surface area contributed by atoms with Crippen molar-refractivity contribution in [2.24, 2.45) is 10.4 Å². The van der Waals surface area contributed by atoms with Crippen LogP contribution in [0, 0.1) is 23.6 Å². The van der Waals surface area contributed by atoms with Crippen molar-refractivity contribution in [3.63, 3.8) is 0 Å². The second kappa shape index (κ2) is 13.4. The van der Waals surface area contributed by atoms with Gasteiger partial charge >= 0.3 is 5.76 Å². The Morgan fingerprint density at radius 2 is 1.90 bits per heavy atom. The molecule has 48 heavy (non-hydrogen) atoms. The SMILES string of the molecule is C#CCN1C(=O)COc2cc(F)c(/N=c3\snc4n3CC(C)(C)C4)cc21.CC(C)Oc1cc(-n2nc(C(C)(C)C)oc2=O)c(Cl)cc1Cl. The van der Waals surface area contributed by atoms with E-state index in [-0.39, 0.29) is 46.7 Å². The quantitative estimate of drug-likeness (QED) is 0.217. The minimum atomic E-state index is -0.607. The van der Waals surface area contributed by atoms with E-state index in [0.29, 0.717) is 38.6 Å². The first-order valence-electron chi connectivity index (χ1n) is 15.0. The number of benzene rings is 2. The molecule has 0 bridgehead atoms. The number of aromatic nitrogens is 4. The van der Waals surface area contributed by atoms with Gasteiger partial charge in [-0.15, -0.1) is 11.5 Å². The Morgan fingerprint density at radius 1 is 1.17 bits per heavy atom. The number of halogens is 3. The summed E-state index contributed by atoms with van der Waals surface area (Å²) in [6.07, 6.45) is 6.15. The van der Waals surface area contributed by atoms with E-state index in [1.165, 1.54) is 34.6 Å². The molecule has 0 saturated heterocycles. The number of hydrogen-bond donors (Lipinski definition) is 0. The van der Waals surface area contributed by atoms with Crippen molar-refractivity contribution in [2.45, 2.75) is 73.0 Å². The van der Waals surface area contributed by atoms with Crippen LogP contribution in [0.3, 0.4) is 0 Å². The number of hydrogen-bond acceptors (Lipinski definition) is 9.